The summed E-state index contributed by atoms with van der Waals surface area (Å²) < 4.78 is 18.5. The van der Waals surface area contributed by atoms with Crippen LogP contribution in [-0.2, 0) is 20.5 Å². The third-order valence-corrected chi connectivity index (χ3v) is 12.1. The Kier molecular flexibility index (Phi) is 8.68. The van der Waals surface area contributed by atoms with Gasteiger partial charge in [0.05, 0.1) is 25.4 Å². The van der Waals surface area contributed by atoms with Gasteiger partial charge in [0.1, 0.15) is 6.61 Å². The standard InChI is InChI=1S/C31H36N2O4Si/c1-30(2,3)38(27-15-9-5-10-16-27,28-17-11-6-12-18-28)37-22-26-19-20-31(23-32,24-36-26)33-29(34)35-21-25-13-7-4-8-14-25/h4-18,26H,19-22,24H2,1-3H3,(H,33,34). The summed E-state index contributed by atoms with van der Waals surface area (Å²) >= 11 is 0. The summed E-state index contributed by atoms with van der Waals surface area (Å²) in [5.41, 5.74) is -0.240. The van der Waals surface area contributed by atoms with Gasteiger partial charge in [-0.25, -0.2) is 4.79 Å². The summed E-state index contributed by atoms with van der Waals surface area (Å²) in [5.74, 6) is 0. The first-order valence-corrected chi connectivity index (χ1v) is 15.0. The number of ether oxygens (including phenoxy) is 2. The van der Waals surface area contributed by atoms with Gasteiger partial charge in [0, 0.05) is 0 Å². The summed E-state index contributed by atoms with van der Waals surface area (Å²) in [5, 5.41) is 14.9. The lowest BCUT2D eigenvalue weighted by atomic mass is 9.92. The maximum absolute atomic E-state index is 12.5. The lowest BCUT2D eigenvalue weighted by Gasteiger charge is -2.44. The molecule has 1 heterocycles. The first-order chi connectivity index (χ1) is 18.3. The van der Waals surface area contributed by atoms with Gasteiger partial charge in [-0.1, -0.05) is 112 Å². The van der Waals surface area contributed by atoms with Gasteiger partial charge < -0.3 is 19.2 Å². The molecule has 2 unspecified atom stereocenters. The van der Waals surface area contributed by atoms with Gasteiger partial charge in [0.15, 0.2) is 5.54 Å². The van der Waals surface area contributed by atoms with Crippen molar-refractivity contribution in [2.45, 2.75) is 56.9 Å². The number of hydrogen-bond donors (Lipinski definition) is 1. The molecule has 3 aromatic carbocycles. The lowest BCUT2D eigenvalue weighted by molar-refractivity contribution is -0.0438. The average molecular weight is 529 g/mol. The fraction of sp³-hybridized carbons (Fsp3) is 0.355. The molecule has 1 aliphatic heterocycles. The Morgan fingerprint density at radius 3 is 2.03 bits per heavy atom. The molecule has 0 spiro atoms. The van der Waals surface area contributed by atoms with Crippen molar-refractivity contribution >= 4 is 24.8 Å². The minimum absolute atomic E-state index is 0.0821. The van der Waals surface area contributed by atoms with Crippen molar-refractivity contribution in [2.24, 2.45) is 0 Å². The van der Waals surface area contributed by atoms with Gasteiger partial charge in [0.25, 0.3) is 8.32 Å². The first-order valence-electron chi connectivity index (χ1n) is 13.0. The summed E-state index contributed by atoms with van der Waals surface area (Å²) in [6.45, 7) is 7.36. The van der Waals surface area contributed by atoms with E-state index in [2.05, 4.69) is 80.7 Å². The third kappa shape index (κ3) is 6.16. The summed E-state index contributed by atoms with van der Waals surface area (Å²) in [7, 11) is -2.68. The second kappa shape index (κ2) is 12.0. The molecule has 7 heteroatoms. The Labute approximate surface area is 226 Å². The average Bonchev–Trinajstić information content (AvgIpc) is 2.94. The van der Waals surface area contributed by atoms with Gasteiger partial charge in [-0.05, 0) is 33.8 Å². The highest BCUT2D eigenvalue weighted by Gasteiger charge is 2.50. The maximum Gasteiger partial charge on any atom is 0.408 e. The predicted molar refractivity (Wildman–Crippen MR) is 151 cm³/mol. The number of nitrogens with one attached hydrogen (secondary N) is 1. The zero-order valence-corrected chi connectivity index (χ0v) is 23.4. The van der Waals surface area contributed by atoms with Crippen molar-refractivity contribution in [1.29, 1.82) is 5.26 Å². The maximum atomic E-state index is 12.5. The Morgan fingerprint density at radius 2 is 1.55 bits per heavy atom. The molecular formula is C31H36N2O4Si. The molecule has 1 amide bonds. The van der Waals surface area contributed by atoms with Crippen molar-refractivity contribution in [3.63, 3.8) is 0 Å². The van der Waals surface area contributed by atoms with E-state index < -0.39 is 19.9 Å². The molecule has 1 fully saturated rings. The molecule has 1 saturated heterocycles. The molecule has 6 nitrogen and oxygen atoms in total. The highest BCUT2D eigenvalue weighted by atomic mass is 28.4. The summed E-state index contributed by atoms with van der Waals surface area (Å²) in [4.78, 5) is 12.5. The quantitative estimate of drug-likeness (QED) is 0.419. The van der Waals surface area contributed by atoms with Gasteiger partial charge in [-0.3, -0.25) is 0 Å². The van der Waals surface area contributed by atoms with E-state index in [0.717, 1.165) is 5.56 Å². The van der Waals surface area contributed by atoms with E-state index in [1.165, 1.54) is 10.4 Å². The number of nitriles is 1. The van der Waals surface area contributed by atoms with Crippen LogP contribution in [0.3, 0.4) is 0 Å². The number of alkyl carbamates (subject to hydrolysis) is 1. The Hall–Kier alpha value is -3.44. The minimum atomic E-state index is -2.68. The van der Waals surface area contributed by atoms with Gasteiger partial charge in [-0.15, -0.1) is 0 Å². The van der Waals surface area contributed by atoms with Crippen molar-refractivity contribution in [1.82, 2.24) is 5.32 Å². The topological polar surface area (TPSA) is 80.6 Å². The fourth-order valence-electron chi connectivity index (χ4n) is 5.10. The molecule has 0 aliphatic carbocycles. The zero-order chi connectivity index (χ0) is 27.1. The second-order valence-electron chi connectivity index (χ2n) is 10.8. The lowest BCUT2D eigenvalue weighted by Crippen LogP contribution is -2.67. The normalized spacial score (nSPS) is 19.8. The molecule has 3 aromatic rings. The molecule has 2 atom stereocenters. The zero-order valence-electron chi connectivity index (χ0n) is 22.4. The molecule has 0 saturated carbocycles. The smallest absolute Gasteiger partial charge is 0.408 e. The van der Waals surface area contributed by atoms with Gasteiger partial charge >= 0.3 is 6.09 Å². The fourth-order valence-corrected chi connectivity index (χ4v) is 9.69. The van der Waals surface area contributed by atoms with Crippen LogP contribution in [0.2, 0.25) is 5.04 Å². The minimum Gasteiger partial charge on any atom is -0.445 e. The third-order valence-electron chi connectivity index (χ3n) is 7.13. The Bertz CT molecular complexity index is 1180. The molecule has 38 heavy (non-hydrogen) atoms. The van der Waals surface area contributed by atoms with Crippen LogP contribution in [0.4, 0.5) is 4.79 Å². The van der Waals surface area contributed by atoms with E-state index in [-0.39, 0.29) is 24.4 Å². The van der Waals surface area contributed by atoms with Crippen molar-refractivity contribution in [2.75, 3.05) is 13.2 Å². The Balaban J connectivity index is 1.43. The molecule has 0 bridgehead atoms. The van der Waals surface area contributed by atoms with Crippen molar-refractivity contribution in [3.8, 4) is 6.07 Å². The molecule has 0 radical (unpaired) electrons. The van der Waals surface area contributed by atoms with Crippen molar-refractivity contribution < 1.29 is 18.7 Å². The molecule has 1 aliphatic rings. The summed E-state index contributed by atoms with van der Waals surface area (Å²) in [6, 6.07) is 32.7. The van der Waals surface area contributed by atoms with Crippen LogP contribution >= 0.6 is 0 Å². The van der Waals surface area contributed by atoms with Crippen LogP contribution in [0.25, 0.3) is 0 Å². The van der Waals surface area contributed by atoms with Crippen LogP contribution in [-0.4, -0.2) is 39.3 Å². The highest BCUT2D eigenvalue weighted by Crippen LogP contribution is 2.37. The predicted octanol–water partition coefficient (Wildman–Crippen LogP) is 4.93. The first kappa shape index (κ1) is 27.6. The number of rotatable bonds is 8. The van der Waals surface area contributed by atoms with Crippen molar-refractivity contribution in [3.05, 3.63) is 96.6 Å². The van der Waals surface area contributed by atoms with E-state index in [4.69, 9.17) is 13.9 Å². The molecule has 0 aromatic heterocycles. The summed E-state index contributed by atoms with van der Waals surface area (Å²) in [6.07, 6.45) is 0.241. The van der Waals surface area contributed by atoms with E-state index in [0.29, 0.717) is 19.4 Å². The number of nitrogens with zero attached hydrogens (tertiary/aromatic N) is 1. The van der Waals surface area contributed by atoms with E-state index in [9.17, 15) is 10.1 Å². The van der Waals surface area contributed by atoms with Gasteiger partial charge in [0.2, 0.25) is 0 Å². The molecular weight excluding hydrogens is 492 g/mol. The second-order valence-corrected chi connectivity index (χ2v) is 15.1. The Morgan fingerprint density at radius 1 is 1.00 bits per heavy atom. The molecule has 1 N–H and O–H groups in total. The van der Waals surface area contributed by atoms with E-state index in [1.807, 2.05) is 42.5 Å². The highest BCUT2D eigenvalue weighted by molar-refractivity contribution is 6.99. The number of carbonyl (C=O) groups excluding carboxylic acids is 1. The molecule has 198 valence electrons. The number of hydrogen-bond acceptors (Lipinski definition) is 5. The number of carbonyl (C=O) groups is 1. The number of benzene rings is 3. The SMILES string of the molecule is CC(C)(C)[Si](OCC1CCC(C#N)(NC(=O)OCc2ccccc2)CO1)(c1ccccc1)c1ccccc1. The number of amides is 1. The van der Waals surface area contributed by atoms with E-state index in [1.54, 1.807) is 0 Å². The van der Waals surface area contributed by atoms with Crippen LogP contribution in [0, 0.1) is 11.3 Å². The molecule has 4 rings (SSSR count). The van der Waals surface area contributed by atoms with Crippen LogP contribution < -0.4 is 15.7 Å². The van der Waals surface area contributed by atoms with E-state index >= 15 is 0 Å². The largest absolute Gasteiger partial charge is 0.445 e. The van der Waals surface area contributed by atoms with Gasteiger partial charge in [-0.2, -0.15) is 5.26 Å². The van der Waals surface area contributed by atoms with Crippen LogP contribution in [0.5, 0.6) is 0 Å². The van der Waals surface area contributed by atoms with Crippen LogP contribution in [0.15, 0.2) is 91.0 Å². The monoisotopic (exact) mass is 528 g/mol. The van der Waals surface area contributed by atoms with Crippen LogP contribution in [0.1, 0.15) is 39.2 Å².